The predicted octanol–water partition coefficient (Wildman–Crippen LogP) is 3.50. The predicted molar refractivity (Wildman–Crippen MR) is 70.7 cm³/mol. The molecule has 0 aromatic carbocycles. The lowest BCUT2D eigenvalue weighted by molar-refractivity contribution is -0.124. The largest absolute Gasteiger partial charge is 0.298 e. The molecule has 0 N–H and O–H groups in total. The van der Waals surface area contributed by atoms with Gasteiger partial charge in [0, 0.05) is 19.0 Å². The molecule has 0 heterocycles. The van der Waals surface area contributed by atoms with Crippen molar-refractivity contribution in [2.24, 2.45) is 5.92 Å². The Morgan fingerprint density at radius 3 is 1.88 bits per heavy atom. The lowest BCUT2D eigenvalue weighted by atomic mass is 10.0. The monoisotopic (exact) mass is 227 g/mol. The number of ketones is 1. The van der Waals surface area contributed by atoms with Crippen LogP contribution in [-0.2, 0) is 4.79 Å². The van der Waals surface area contributed by atoms with Gasteiger partial charge in [0.15, 0.2) is 0 Å². The fourth-order valence-corrected chi connectivity index (χ4v) is 2.28. The van der Waals surface area contributed by atoms with Gasteiger partial charge < -0.3 is 0 Å². The Labute approximate surface area is 101 Å². The van der Waals surface area contributed by atoms with Crippen molar-refractivity contribution < 1.29 is 4.79 Å². The lowest BCUT2D eigenvalue weighted by Crippen LogP contribution is -2.47. The molecule has 2 heteroatoms. The first-order valence-corrected chi connectivity index (χ1v) is 6.76. The number of Topliss-reactive ketones (excluding diaryl/α,β-unsaturated/α-hetero) is 1. The summed E-state index contributed by atoms with van der Waals surface area (Å²) < 4.78 is 0. The van der Waals surface area contributed by atoms with E-state index in [1.165, 1.54) is 0 Å². The molecule has 2 nitrogen and oxygen atoms in total. The van der Waals surface area contributed by atoms with Crippen LogP contribution in [-0.4, -0.2) is 29.3 Å². The fourth-order valence-electron chi connectivity index (χ4n) is 2.28. The van der Waals surface area contributed by atoms with Crippen LogP contribution >= 0.6 is 0 Å². The summed E-state index contributed by atoms with van der Waals surface area (Å²) in [5.74, 6) is 0.986. The van der Waals surface area contributed by atoms with E-state index in [9.17, 15) is 4.79 Å². The molecule has 16 heavy (non-hydrogen) atoms. The number of nitrogens with zero attached hydrogens (tertiary/aromatic N) is 1. The van der Waals surface area contributed by atoms with Crippen molar-refractivity contribution >= 4 is 5.78 Å². The van der Waals surface area contributed by atoms with Crippen LogP contribution in [0.15, 0.2) is 0 Å². The van der Waals surface area contributed by atoms with Gasteiger partial charge >= 0.3 is 0 Å². The summed E-state index contributed by atoms with van der Waals surface area (Å²) in [6.45, 7) is 13.9. The minimum atomic E-state index is 0.0808. The molecule has 96 valence electrons. The Bertz CT molecular complexity index is 197. The van der Waals surface area contributed by atoms with Crippen molar-refractivity contribution in [2.45, 2.75) is 72.9 Å². The average Bonchev–Trinajstić information content (AvgIpc) is 2.26. The normalized spacial score (nSPS) is 13.8. The Morgan fingerprint density at radius 2 is 1.56 bits per heavy atom. The molecule has 0 aliphatic rings. The number of carbonyl (C=O) groups is 1. The summed E-state index contributed by atoms with van der Waals surface area (Å²) in [5.41, 5.74) is 0. The smallest absolute Gasteiger partial charge is 0.149 e. The fraction of sp³-hybridized carbons (Fsp3) is 0.929. The van der Waals surface area contributed by atoms with Gasteiger partial charge in [0.1, 0.15) is 5.78 Å². The van der Waals surface area contributed by atoms with Gasteiger partial charge in [-0.3, -0.25) is 9.69 Å². The van der Waals surface area contributed by atoms with Crippen LogP contribution in [0.5, 0.6) is 0 Å². The second-order valence-corrected chi connectivity index (χ2v) is 5.06. The van der Waals surface area contributed by atoms with Gasteiger partial charge in [-0.15, -0.1) is 0 Å². The van der Waals surface area contributed by atoms with E-state index < -0.39 is 0 Å². The summed E-state index contributed by atoms with van der Waals surface area (Å²) in [6.07, 6.45) is 2.91. The highest BCUT2D eigenvalue weighted by molar-refractivity contribution is 5.83. The standard InChI is InChI=1S/C14H29NO/c1-7-13(8-2)15(10-11(4)5)12(6)14(16)9-3/h11-13H,7-10H2,1-6H3. The summed E-state index contributed by atoms with van der Waals surface area (Å²) in [5, 5.41) is 0. The maximum Gasteiger partial charge on any atom is 0.149 e. The molecule has 0 saturated heterocycles. The van der Waals surface area contributed by atoms with Gasteiger partial charge in [0.2, 0.25) is 0 Å². The van der Waals surface area contributed by atoms with E-state index in [1.54, 1.807) is 0 Å². The molecule has 0 rings (SSSR count). The molecular formula is C14H29NO. The van der Waals surface area contributed by atoms with E-state index in [4.69, 9.17) is 0 Å². The van der Waals surface area contributed by atoms with Gasteiger partial charge in [-0.25, -0.2) is 0 Å². The second-order valence-electron chi connectivity index (χ2n) is 5.06. The van der Waals surface area contributed by atoms with Gasteiger partial charge in [-0.2, -0.15) is 0 Å². The zero-order chi connectivity index (χ0) is 12.7. The highest BCUT2D eigenvalue weighted by atomic mass is 16.1. The molecule has 0 saturated carbocycles. The van der Waals surface area contributed by atoms with Gasteiger partial charge in [0.05, 0.1) is 6.04 Å². The average molecular weight is 227 g/mol. The molecule has 0 aliphatic carbocycles. The van der Waals surface area contributed by atoms with E-state index >= 15 is 0 Å². The zero-order valence-electron chi connectivity index (χ0n) is 11.9. The molecule has 0 amide bonds. The second kappa shape index (κ2) is 7.83. The third-order valence-corrected chi connectivity index (χ3v) is 3.30. The van der Waals surface area contributed by atoms with Crippen LogP contribution in [0.3, 0.4) is 0 Å². The van der Waals surface area contributed by atoms with Crippen LogP contribution in [0.1, 0.15) is 60.8 Å². The SMILES string of the molecule is CCC(=O)C(C)N(CC(C)C)C(CC)CC. The van der Waals surface area contributed by atoms with Crippen LogP contribution < -0.4 is 0 Å². The first kappa shape index (κ1) is 15.6. The molecule has 0 aliphatic heterocycles. The summed E-state index contributed by atoms with van der Waals surface area (Å²) >= 11 is 0. The third kappa shape index (κ3) is 4.65. The van der Waals surface area contributed by atoms with Crippen LogP contribution in [0.4, 0.5) is 0 Å². The van der Waals surface area contributed by atoms with E-state index in [2.05, 4.69) is 39.5 Å². The van der Waals surface area contributed by atoms with Crippen molar-refractivity contribution in [3.8, 4) is 0 Å². The first-order chi connectivity index (χ1) is 7.47. The lowest BCUT2D eigenvalue weighted by Gasteiger charge is -2.36. The Balaban J connectivity index is 4.70. The third-order valence-electron chi connectivity index (χ3n) is 3.30. The van der Waals surface area contributed by atoms with Crippen molar-refractivity contribution in [1.82, 2.24) is 4.90 Å². The summed E-state index contributed by atoms with van der Waals surface area (Å²) in [6, 6.07) is 0.630. The summed E-state index contributed by atoms with van der Waals surface area (Å²) in [7, 11) is 0. The van der Waals surface area contributed by atoms with Crippen LogP contribution in [0, 0.1) is 5.92 Å². The minimum Gasteiger partial charge on any atom is -0.298 e. The Kier molecular flexibility index (Phi) is 7.65. The quantitative estimate of drug-likeness (QED) is 0.632. The molecular weight excluding hydrogens is 198 g/mol. The molecule has 0 bridgehead atoms. The molecule has 1 unspecified atom stereocenters. The number of carbonyl (C=O) groups excluding carboxylic acids is 1. The van der Waals surface area contributed by atoms with Crippen LogP contribution in [0.2, 0.25) is 0 Å². The molecule has 0 aromatic heterocycles. The number of rotatable bonds is 8. The Hall–Kier alpha value is -0.370. The molecule has 0 fully saturated rings. The number of hydrogen-bond acceptors (Lipinski definition) is 2. The van der Waals surface area contributed by atoms with Gasteiger partial charge in [0.25, 0.3) is 0 Å². The van der Waals surface area contributed by atoms with Crippen molar-refractivity contribution in [3.05, 3.63) is 0 Å². The van der Waals surface area contributed by atoms with E-state index in [1.807, 2.05) is 6.92 Å². The first-order valence-electron chi connectivity index (χ1n) is 6.76. The maximum absolute atomic E-state index is 11.8. The highest BCUT2D eigenvalue weighted by Crippen LogP contribution is 2.16. The molecule has 0 spiro atoms. The van der Waals surface area contributed by atoms with Crippen molar-refractivity contribution in [2.75, 3.05) is 6.54 Å². The molecule has 0 aromatic rings. The van der Waals surface area contributed by atoms with Crippen LogP contribution in [0.25, 0.3) is 0 Å². The summed E-state index contributed by atoms with van der Waals surface area (Å²) in [4.78, 5) is 14.2. The topological polar surface area (TPSA) is 20.3 Å². The van der Waals surface area contributed by atoms with E-state index in [-0.39, 0.29) is 6.04 Å². The zero-order valence-corrected chi connectivity index (χ0v) is 11.9. The van der Waals surface area contributed by atoms with Crippen molar-refractivity contribution in [1.29, 1.82) is 0 Å². The van der Waals surface area contributed by atoms with E-state index in [0.29, 0.717) is 24.2 Å². The molecule has 0 radical (unpaired) electrons. The number of hydrogen-bond donors (Lipinski definition) is 0. The van der Waals surface area contributed by atoms with E-state index in [0.717, 1.165) is 19.4 Å². The molecule has 1 atom stereocenters. The van der Waals surface area contributed by atoms with Gasteiger partial charge in [-0.05, 0) is 25.7 Å². The van der Waals surface area contributed by atoms with Crippen molar-refractivity contribution in [3.63, 3.8) is 0 Å². The van der Waals surface area contributed by atoms with Gasteiger partial charge in [-0.1, -0.05) is 34.6 Å². The maximum atomic E-state index is 11.8. The minimum absolute atomic E-state index is 0.0808. The Morgan fingerprint density at radius 1 is 1.06 bits per heavy atom. The highest BCUT2D eigenvalue weighted by Gasteiger charge is 2.25.